The molecular formula is C27H34N4O4. The summed E-state index contributed by atoms with van der Waals surface area (Å²) in [6.07, 6.45) is 0. The molecule has 0 radical (unpaired) electrons. The van der Waals surface area contributed by atoms with E-state index in [0.29, 0.717) is 42.2 Å². The van der Waals surface area contributed by atoms with Crippen LogP contribution in [0.5, 0.6) is 11.5 Å². The molecule has 2 aromatic carbocycles. The summed E-state index contributed by atoms with van der Waals surface area (Å²) in [5.41, 5.74) is 4.24. The first-order valence-corrected chi connectivity index (χ1v) is 12.0. The normalized spacial score (nSPS) is 14.9. The molecule has 0 bridgehead atoms. The predicted octanol–water partition coefficient (Wildman–Crippen LogP) is 3.59. The first kappa shape index (κ1) is 24.6. The highest BCUT2D eigenvalue weighted by Crippen LogP contribution is 2.41. The van der Waals surface area contributed by atoms with Crippen molar-refractivity contribution in [3.8, 4) is 11.5 Å². The van der Waals surface area contributed by atoms with Gasteiger partial charge in [-0.3, -0.25) is 15.0 Å². The Morgan fingerprint density at radius 2 is 1.94 bits per heavy atom. The lowest BCUT2D eigenvalue weighted by Crippen LogP contribution is -2.32. The van der Waals surface area contributed by atoms with Crippen LogP contribution in [0.4, 0.5) is 5.69 Å². The monoisotopic (exact) mass is 478 g/mol. The number of fused-ring (bicyclic) bond motifs is 2. The molecule has 0 saturated carbocycles. The molecule has 0 unspecified atom stereocenters. The first-order chi connectivity index (χ1) is 16.5. The van der Waals surface area contributed by atoms with Crippen molar-refractivity contribution in [2.24, 2.45) is 0 Å². The van der Waals surface area contributed by atoms with Crippen LogP contribution in [0.1, 0.15) is 65.1 Å². The molecule has 0 atom stereocenters. The van der Waals surface area contributed by atoms with Crippen LogP contribution in [-0.4, -0.2) is 62.8 Å². The van der Waals surface area contributed by atoms with Crippen LogP contribution >= 0.6 is 0 Å². The van der Waals surface area contributed by atoms with E-state index in [2.05, 4.69) is 31.0 Å². The number of nitrogens with zero attached hydrogens (tertiary/aromatic N) is 2. The Morgan fingerprint density at radius 3 is 2.60 bits per heavy atom. The number of hydrogen-bond donors (Lipinski definition) is 2. The van der Waals surface area contributed by atoms with Crippen molar-refractivity contribution in [1.82, 2.24) is 10.2 Å². The minimum absolute atomic E-state index is 0.0635. The van der Waals surface area contributed by atoms with Crippen LogP contribution in [0.25, 0.3) is 0 Å². The van der Waals surface area contributed by atoms with Crippen LogP contribution in [-0.2, 0) is 12.0 Å². The predicted molar refractivity (Wildman–Crippen MR) is 136 cm³/mol. The second-order valence-corrected chi connectivity index (χ2v) is 10.0. The molecule has 1 amide bonds. The molecule has 8 nitrogen and oxygen atoms in total. The largest absolute Gasteiger partial charge is 0.493 e. The quantitative estimate of drug-likeness (QED) is 0.616. The van der Waals surface area contributed by atoms with Gasteiger partial charge in [0.25, 0.3) is 5.91 Å². The fourth-order valence-electron chi connectivity index (χ4n) is 4.59. The maximum Gasteiger partial charge on any atom is 0.254 e. The molecular weight excluding hydrogens is 444 g/mol. The number of ether oxygens (including phenoxy) is 2. The van der Waals surface area contributed by atoms with Crippen molar-refractivity contribution in [2.45, 2.75) is 39.7 Å². The highest BCUT2D eigenvalue weighted by Gasteiger charge is 2.31. The van der Waals surface area contributed by atoms with E-state index in [-0.39, 0.29) is 29.5 Å². The van der Waals surface area contributed by atoms with Crippen LogP contribution in [0.3, 0.4) is 0 Å². The van der Waals surface area contributed by atoms with Crippen molar-refractivity contribution in [2.75, 3.05) is 45.3 Å². The molecule has 0 aromatic heterocycles. The number of carbonyl (C=O) groups is 2. The summed E-state index contributed by atoms with van der Waals surface area (Å²) >= 11 is 0. The number of Topliss-reactive ketones (excluding diaryl/α,β-unsaturated/α-hetero) is 1. The van der Waals surface area contributed by atoms with Crippen LogP contribution in [0, 0.1) is 5.41 Å². The molecule has 0 aliphatic carbocycles. The number of rotatable bonds is 6. The fraction of sp³-hybridized carbons (Fsp3) is 0.444. The van der Waals surface area contributed by atoms with Crippen LogP contribution in [0.15, 0.2) is 24.3 Å². The maximum absolute atomic E-state index is 13.5. The van der Waals surface area contributed by atoms with E-state index in [0.717, 1.165) is 29.1 Å². The molecule has 2 N–H and O–H groups in total. The molecule has 35 heavy (non-hydrogen) atoms. The lowest BCUT2D eigenvalue weighted by molar-refractivity contribution is 0.0953. The van der Waals surface area contributed by atoms with Gasteiger partial charge in [0.15, 0.2) is 5.78 Å². The van der Waals surface area contributed by atoms with E-state index in [1.54, 1.807) is 18.0 Å². The molecule has 2 heterocycles. The topological polar surface area (TPSA) is 95.0 Å². The van der Waals surface area contributed by atoms with Gasteiger partial charge in [-0.25, -0.2) is 0 Å². The number of hydrogen-bond acceptors (Lipinski definition) is 6. The molecule has 8 heteroatoms. The second-order valence-electron chi connectivity index (χ2n) is 10.0. The van der Waals surface area contributed by atoms with Gasteiger partial charge in [-0.15, -0.1) is 0 Å². The smallest absolute Gasteiger partial charge is 0.254 e. The van der Waals surface area contributed by atoms with Gasteiger partial charge in [0, 0.05) is 37.3 Å². The summed E-state index contributed by atoms with van der Waals surface area (Å²) in [5, 5.41) is 11.3. The summed E-state index contributed by atoms with van der Waals surface area (Å²) < 4.78 is 11.7. The Morgan fingerprint density at radius 1 is 1.20 bits per heavy atom. The molecule has 0 spiro atoms. The Hall–Kier alpha value is -3.55. The van der Waals surface area contributed by atoms with E-state index >= 15 is 0 Å². The SMILES string of the molecule is CCOc1cc2c(cc1C(=O)NC)C(=N)N(CC(=O)c1cc3c(c(C(C)(C)C)c1)OCCN3C)C2. The first-order valence-electron chi connectivity index (χ1n) is 12.0. The minimum atomic E-state index is -0.270. The summed E-state index contributed by atoms with van der Waals surface area (Å²) in [5.74, 6) is 1.23. The zero-order chi connectivity index (χ0) is 25.5. The van der Waals surface area contributed by atoms with Crippen molar-refractivity contribution in [1.29, 1.82) is 5.41 Å². The number of ketones is 1. The molecule has 0 saturated heterocycles. The standard InChI is InChI=1S/C27H34N4O4/c1-7-34-23-12-17-14-31(25(28)18(17)13-19(23)26(33)29-5)15-22(32)16-10-20(27(2,3)4)24-21(11-16)30(6)8-9-35-24/h10-13,28H,7-9,14-15H2,1-6H3,(H,29,33). The third kappa shape index (κ3) is 4.57. The molecule has 2 aromatic rings. The lowest BCUT2D eigenvalue weighted by Gasteiger charge is -2.33. The van der Waals surface area contributed by atoms with Gasteiger partial charge < -0.3 is 24.6 Å². The Kier molecular flexibility index (Phi) is 6.49. The number of anilines is 1. The highest BCUT2D eigenvalue weighted by atomic mass is 16.5. The van der Waals surface area contributed by atoms with E-state index in [1.807, 2.05) is 32.2 Å². The van der Waals surface area contributed by atoms with Gasteiger partial charge in [-0.1, -0.05) is 20.8 Å². The van der Waals surface area contributed by atoms with Gasteiger partial charge in [0.2, 0.25) is 0 Å². The zero-order valence-electron chi connectivity index (χ0n) is 21.4. The van der Waals surface area contributed by atoms with Gasteiger partial charge in [0.1, 0.15) is 23.9 Å². The minimum Gasteiger partial charge on any atom is -0.493 e. The maximum atomic E-state index is 13.5. The number of amides is 1. The molecule has 4 rings (SSSR count). The third-order valence-corrected chi connectivity index (χ3v) is 6.53. The lowest BCUT2D eigenvalue weighted by atomic mass is 9.84. The number of nitrogens with one attached hydrogen (secondary N) is 2. The fourth-order valence-corrected chi connectivity index (χ4v) is 4.59. The van der Waals surface area contributed by atoms with Crippen molar-refractivity contribution in [3.63, 3.8) is 0 Å². The number of amidine groups is 1. The Labute approximate surface area is 206 Å². The number of benzene rings is 2. The van der Waals surface area contributed by atoms with Gasteiger partial charge in [-0.05, 0) is 42.2 Å². The molecule has 2 aliphatic rings. The average molecular weight is 479 g/mol. The Bertz CT molecular complexity index is 1200. The molecule has 2 aliphatic heterocycles. The summed E-state index contributed by atoms with van der Waals surface area (Å²) in [4.78, 5) is 29.7. The van der Waals surface area contributed by atoms with Crippen molar-refractivity contribution >= 4 is 23.2 Å². The summed E-state index contributed by atoms with van der Waals surface area (Å²) in [7, 11) is 3.57. The van der Waals surface area contributed by atoms with E-state index in [9.17, 15) is 9.59 Å². The van der Waals surface area contributed by atoms with Gasteiger partial charge >= 0.3 is 0 Å². The third-order valence-electron chi connectivity index (χ3n) is 6.53. The highest BCUT2D eigenvalue weighted by molar-refractivity contribution is 6.08. The second kappa shape index (κ2) is 9.24. The summed E-state index contributed by atoms with van der Waals surface area (Å²) in [6.45, 7) is 10.5. The number of carbonyl (C=O) groups excluding carboxylic acids is 2. The van der Waals surface area contributed by atoms with Gasteiger partial charge in [-0.2, -0.15) is 0 Å². The Balaban J connectivity index is 1.63. The average Bonchev–Trinajstić information content (AvgIpc) is 3.11. The van der Waals surface area contributed by atoms with Crippen molar-refractivity contribution < 1.29 is 19.1 Å². The zero-order valence-corrected chi connectivity index (χ0v) is 21.4. The summed E-state index contributed by atoms with van der Waals surface area (Å²) in [6, 6.07) is 7.33. The van der Waals surface area contributed by atoms with Crippen LogP contribution < -0.4 is 19.7 Å². The van der Waals surface area contributed by atoms with Crippen LogP contribution in [0.2, 0.25) is 0 Å². The molecule has 0 fully saturated rings. The number of likely N-dealkylation sites (N-methyl/N-ethyl adjacent to an activating group) is 1. The van der Waals surface area contributed by atoms with E-state index < -0.39 is 0 Å². The van der Waals surface area contributed by atoms with Gasteiger partial charge in [0.05, 0.1) is 30.9 Å². The molecule has 186 valence electrons. The van der Waals surface area contributed by atoms with E-state index in [4.69, 9.17) is 14.9 Å². The van der Waals surface area contributed by atoms with Crippen molar-refractivity contribution in [3.05, 3.63) is 52.1 Å². The van der Waals surface area contributed by atoms with E-state index in [1.165, 1.54) is 0 Å².